The van der Waals surface area contributed by atoms with Crippen LogP contribution in [0.3, 0.4) is 0 Å². The van der Waals surface area contributed by atoms with Crippen LogP contribution >= 0.6 is 0 Å². The fourth-order valence-corrected chi connectivity index (χ4v) is 3.25. The molecular formula is C19H14GaN3O. The van der Waals surface area contributed by atoms with Gasteiger partial charge in [0.25, 0.3) is 0 Å². The van der Waals surface area contributed by atoms with Crippen molar-refractivity contribution < 1.29 is 3.53 Å². The Kier molecular flexibility index (Phi) is 3.88. The molecule has 5 heteroatoms. The van der Waals surface area contributed by atoms with Gasteiger partial charge in [-0.25, -0.2) is 0 Å². The summed E-state index contributed by atoms with van der Waals surface area (Å²) < 4.78 is 7.68. The van der Waals surface area contributed by atoms with Crippen molar-refractivity contribution in [3.05, 3.63) is 72.4 Å². The van der Waals surface area contributed by atoms with Gasteiger partial charge in [-0.2, -0.15) is 0 Å². The topological polar surface area (TPSA) is 39.9 Å². The Morgan fingerprint density at radius 2 is 1.75 bits per heavy atom. The number of pyridine rings is 1. The van der Waals surface area contributed by atoms with Crippen LogP contribution in [0.2, 0.25) is 0 Å². The molecule has 0 saturated heterocycles. The Morgan fingerprint density at radius 3 is 2.54 bits per heavy atom. The third-order valence-electron chi connectivity index (χ3n) is 3.90. The van der Waals surface area contributed by atoms with Gasteiger partial charge in [0.15, 0.2) is 0 Å². The van der Waals surface area contributed by atoms with E-state index in [2.05, 4.69) is 27.8 Å². The first kappa shape index (κ1) is 15.0. The van der Waals surface area contributed by atoms with E-state index in [9.17, 15) is 0 Å². The van der Waals surface area contributed by atoms with E-state index < -0.39 is 0 Å². The van der Waals surface area contributed by atoms with E-state index in [0.717, 1.165) is 39.6 Å². The van der Waals surface area contributed by atoms with Crippen LogP contribution in [0.15, 0.2) is 66.9 Å². The molecule has 114 valence electrons. The minimum atomic E-state index is 0.821. The second-order valence-electron chi connectivity index (χ2n) is 5.58. The predicted molar refractivity (Wildman–Crippen MR) is 95.4 cm³/mol. The van der Waals surface area contributed by atoms with E-state index in [1.807, 2.05) is 55.6 Å². The molecule has 2 aromatic carbocycles. The number of nitrogens with zero attached hydrogens (tertiary/aromatic N) is 3. The van der Waals surface area contributed by atoms with Crippen LogP contribution in [0, 0.1) is 6.92 Å². The summed E-state index contributed by atoms with van der Waals surface area (Å²) >= 11 is 1.21. The molecule has 0 aliphatic rings. The zero-order valence-electron chi connectivity index (χ0n) is 13.2. The average Bonchev–Trinajstić information content (AvgIpc) is 3.00. The van der Waals surface area contributed by atoms with Crippen molar-refractivity contribution >= 4 is 30.1 Å². The summed E-state index contributed by atoms with van der Waals surface area (Å²) in [5.41, 5.74) is 4.81. The number of fused-ring (bicyclic) bond motifs is 1. The van der Waals surface area contributed by atoms with Crippen LogP contribution in [0.5, 0.6) is 5.75 Å². The van der Waals surface area contributed by atoms with Crippen molar-refractivity contribution in [2.24, 2.45) is 0 Å². The number of hydrogen-bond donors (Lipinski definition) is 0. The number of benzene rings is 2. The van der Waals surface area contributed by atoms with Crippen LogP contribution in [0.1, 0.15) is 5.56 Å². The molecule has 0 aliphatic carbocycles. The SMILES string of the molecule is Cc1cnc2c(c1)nc(-c1ccccc1[O][Ga])n2-c1ccccc1. The fraction of sp³-hybridized carbons (Fsp3) is 0.0526. The molecule has 0 aliphatic heterocycles. The van der Waals surface area contributed by atoms with E-state index in [1.54, 1.807) is 0 Å². The molecule has 0 unspecified atom stereocenters. The van der Waals surface area contributed by atoms with E-state index in [-0.39, 0.29) is 0 Å². The van der Waals surface area contributed by atoms with Crippen molar-refractivity contribution in [1.82, 2.24) is 14.5 Å². The van der Waals surface area contributed by atoms with Crippen molar-refractivity contribution in [3.8, 4) is 22.8 Å². The molecule has 4 rings (SSSR count). The Morgan fingerprint density at radius 1 is 1.00 bits per heavy atom. The van der Waals surface area contributed by atoms with Gasteiger partial charge >= 0.3 is 150 Å². The number of aryl methyl sites for hydroxylation is 1. The molecule has 2 heterocycles. The van der Waals surface area contributed by atoms with Gasteiger partial charge in [-0.1, -0.05) is 0 Å². The van der Waals surface area contributed by atoms with Gasteiger partial charge in [-0.3, -0.25) is 0 Å². The van der Waals surface area contributed by atoms with Crippen molar-refractivity contribution in [2.75, 3.05) is 0 Å². The maximum atomic E-state index is 5.60. The third-order valence-corrected chi connectivity index (χ3v) is 4.44. The molecule has 0 atom stereocenters. The normalized spacial score (nSPS) is 10.9. The molecule has 0 spiro atoms. The third kappa shape index (κ3) is 2.52. The Balaban J connectivity index is 2.08. The van der Waals surface area contributed by atoms with Gasteiger partial charge in [-0.05, 0) is 0 Å². The fourth-order valence-electron chi connectivity index (χ4n) is 2.82. The van der Waals surface area contributed by atoms with Crippen molar-refractivity contribution in [3.63, 3.8) is 0 Å². The Bertz CT molecular complexity index is 1010. The predicted octanol–water partition coefficient (Wildman–Crippen LogP) is 3.86. The van der Waals surface area contributed by atoms with Gasteiger partial charge < -0.3 is 0 Å². The summed E-state index contributed by atoms with van der Waals surface area (Å²) in [6.07, 6.45) is 1.87. The van der Waals surface area contributed by atoms with Gasteiger partial charge in [-0.15, -0.1) is 0 Å². The molecule has 4 nitrogen and oxygen atoms in total. The molecule has 0 amide bonds. The first-order valence-corrected chi connectivity index (χ1v) is 8.63. The first-order valence-electron chi connectivity index (χ1n) is 7.64. The Labute approximate surface area is 150 Å². The summed E-state index contributed by atoms with van der Waals surface area (Å²) in [5, 5.41) is 0. The molecule has 2 aromatic heterocycles. The van der Waals surface area contributed by atoms with Crippen molar-refractivity contribution in [2.45, 2.75) is 6.92 Å². The van der Waals surface area contributed by atoms with Gasteiger partial charge in [0.2, 0.25) is 0 Å². The number of aromatic nitrogens is 3. The molecule has 2 radical (unpaired) electrons. The van der Waals surface area contributed by atoms with E-state index in [4.69, 9.17) is 8.51 Å². The zero-order chi connectivity index (χ0) is 16.5. The van der Waals surface area contributed by atoms with Gasteiger partial charge in [0.05, 0.1) is 0 Å². The average molecular weight is 370 g/mol. The summed E-state index contributed by atoms with van der Waals surface area (Å²) in [6, 6.07) is 20.2. The van der Waals surface area contributed by atoms with Crippen LogP contribution in [0.25, 0.3) is 28.2 Å². The van der Waals surface area contributed by atoms with E-state index in [0.29, 0.717) is 0 Å². The number of hydrogen-bond acceptors (Lipinski definition) is 3. The molecule has 0 saturated carbocycles. The molecule has 0 bridgehead atoms. The molecule has 4 aromatic rings. The monoisotopic (exact) mass is 369 g/mol. The van der Waals surface area contributed by atoms with Gasteiger partial charge in [0, 0.05) is 0 Å². The molecule has 24 heavy (non-hydrogen) atoms. The zero-order valence-corrected chi connectivity index (χ0v) is 15.6. The summed E-state index contributed by atoms with van der Waals surface area (Å²) in [7, 11) is 0. The van der Waals surface area contributed by atoms with Crippen molar-refractivity contribution in [1.29, 1.82) is 0 Å². The number of imidazole rings is 1. The van der Waals surface area contributed by atoms with Gasteiger partial charge in [0.1, 0.15) is 0 Å². The minimum absolute atomic E-state index is 0.821. The summed E-state index contributed by atoms with van der Waals surface area (Å²) in [4.78, 5) is 9.48. The number of rotatable bonds is 3. The van der Waals surface area contributed by atoms with E-state index in [1.165, 1.54) is 19.0 Å². The summed E-state index contributed by atoms with van der Waals surface area (Å²) in [5.74, 6) is 1.66. The van der Waals surface area contributed by atoms with Crippen LogP contribution < -0.4 is 3.53 Å². The molecule has 0 fully saturated rings. The maximum absolute atomic E-state index is 5.60. The van der Waals surface area contributed by atoms with E-state index >= 15 is 0 Å². The quantitative estimate of drug-likeness (QED) is 0.515. The first-order chi connectivity index (χ1) is 11.8. The van der Waals surface area contributed by atoms with Crippen LogP contribution in [-0.4, -0.2) is 33.5 Å². The molecule has 0 N–H and O–H groups in total. The standard InChI is InChI=1S/C19H15N3O.Ga/c1-13-11-16-19(20-12-13)22(14-7-3-2-4-8-14)18(21-16)15-9-5-6-10-17(15)23;/h2-12,23H,1H3;/q;+1/p-1. The second kappa shape index (κ2) is 6.18. The van der Waals surface area contributed by atoms with Crippen LogP contribution in [0.4, 0.5) is 0 Å². The Hall–Kier alpha value is -2.50. The summed E-state index contributed by atoms with van der Waals surface area (Å²) in [6.45, 7) is 2.03. The molecular weight excluding hydrogens is 356 g/mol. The van der Waals surface area contributed by atoms with Crippen LogP contribution in [-0.2, 0) is 0 Å². The second-order valence-corrected chi connectivity index (χ2v) is 6.07. The number of para-hydroxylation sites is 2.